The minimum Gasteiger partial charge on any atom is -0.456 e. The van der Waals surface area contributed by atoms with Gasteiger partial charge in [-0.05, 0) is 47.5 Å². The SMILES string of the molecule is CCNC(c1cc2cccc(F)c2o1)c1cscc1C. The molecule has 1 unspecified atom stereocenters. The van der Waals surface area contributed by atoms with Crippen LogP contribution in [0.15, 0.2) is 39.4 Å². The average Bonchev–Trinajstić information content (AvgIpc) is 3.03. The molecule has 3 aromatic rings. The van der Waals surface area contributed by atoms with Gasteiger partial charge in [-0.15, -0.1) is 0 Å². The number of aryl methyl sites for hydroxylation is 1. The second-order valence-electron chi connectivity index (χ2n) is 4.81. The minimum atomic E-state index is -0.314. The Morgan fingerprint density at radius 3 is 2.85 bits per heavy atom. The molecule has 104 valence electrons. The Hall–Kier alpha value is -1.65. The molecule has 2 aromatic heterocycles. The van der Waals surface area contributed by atoms with E-state index in [-0.39, 0.29) is 11.9 Å². The Bertz CT molecular complexity index is 731. The molecule has 0 aliphatic rings. The molecule has 0 spiro atoms. The van der Waals surface area contributed by atoms with Gasteiger partial charge in [0.25, 0.3) is 0 Å². The van der Waals surface area contributed by atoms with Crippen LogP contribution in [0.1, 0.15) is 29.9 Å². The minimum absolute atomic E-state index is 0.0296. The number of furan rings is 1. The van der Waals surface area contributed by atoms with Crippen molar-refractivity contribution >= 4 is 22.3 Å². The van der Waals surface area contributed by atoms with E-state index >= 15 is 0 Å². The van der Waals surface area contributed by atoms with Gasteiger partial charge in [-0.1, -0.05) is 19.1 Å². The van der Waals surface area contributed by atoms with E-state index in [1.807, 2.05) is 12.1 Å². The van der Waals surface area contributed by atoms with Crippen LogP contribution < -0.4 is 5.32 Å². The molecule has 0 aliphatic carbocycles. The van der Waals surface area contributed by atoms with Crippen LogP contribution in [0.5, 0.6) is 0 Å². The van der Waals surface area contributed by atoms with Crippen molar-refractivity contribution in [3.63, 3.8) is 0 Å². The summed E-state index contributed by atoms with van der Waals surface area (Å²) in [5, 5.41) is 8.45. The van der Waals surface area contributed by atoms with Crippen molar-refractivity contribution < 1.29 is 8.81 Å². The van der Waals surface area contributed by atoms with Gasteiger partial charge < -0.3 is 9.73 Å². The van der Waals surface area contributed by atoms with Gasteiger partial charge in [0.15, 0.2) is 11.4 Å². The number of rotatable bonds is 4. The fourth-order valence-corrected chi connectivity index (χ4v) is 3.30. The largest absolute Gasteiger partial charge is 0.456 e. The Labute approximate surface area is 121 Å². The molecule has 1 aromatic carbocycles. The molecule has 0 amide bonds. The smallest absolute Gasteiger partial charge is 0.169 e. The number of nitrogens with one attached hydrogen (secondary N) is 1. The molecule has 3 rings (SSSR count). The Morgan fingerprint density at radius 1 is 1.35 bits per heavy atom. The lowest BCUT2D eigenvalue weighted by atomic mass is 10.0. The van der Waals surface area contributed by atoms with Crippen LogP contribution in [0.4, 0.5) is 4.39 Å². The van der Waals surface area contributed by atoms with E-state index in [1.165, 1.54) is 17.2 Å². The van der Waals surface area contributed by atoms with Crippen LogP contribution in [0, 0.1) is 12.7 Å². The molecule has 0 radical (unpaired) electrons. The van der Waals surface area contributed by atoms with Crippen molar-refractivity contribution in [2.75, 3.05) is 6.54 Å². The van der Waals surface area contributed by atoms with Crippen LogP contribution in [-0.4, -0.2) is 6.54 Å². The molecule has 4 heteroatoms. The second kappa shape index (κ2) is 5.38. The topological polar surface area (TPSA) is 25.2 Å². The lowest BCUT2D eigenvalue weighted by Gasteiger charge is -2.15. The zero-order valence-corrected chi connectivity index (χ0v) is 12.3. The first kappa shape index (κ1) is 13.3. The van der Waals surface area contributed by atoms with E-state index in [0.29, 0.717) is 5.58 Å². The summed E-state index contributed by atoms with van der Waals surface area (Å²) < 4.78 is 19.5. The summed E-state index contributed by atoms with van der Waals surface area (Å²) in [5.41, 5.74) is 2.75. The third kappa shape index (κ3) is 2.25. The van der Waals surface area contributed by atoms with E-state index in [9.17, 15) is 4.39 Å². The van der Waals surface area contributed by atoms with E-state index in [4.69, 9.17) is 4.42 Å². The standard InChI is InChI=1S/C16H16FNOS/c1-3-18-15(12-9-20-8-10(12)2)14-7-11-5-4-6-13(17)16(11)19-14/h4-9,15,18H,3H2,1-2H3. The predicted octanol–water partition coefficient (Wildman–Crippen LogP) is 4.64. The van der Waals surface area contributed by atoms with Crippen LogP contribution in [0.25, 0.3) is 11.0 Å². The van der Waals surface area contributed by atoms with Gasteiger partial charge in [-0.25, -0.2) is 4.39 Å². The van der Waals surface area contributed by atoms with Gasteiger partial charge in [0.05, 0.1) is 6.04 Å². The number of thiophene rings is 1. The maximum absolute atomic E-state index is 13.8. The van der Waals surface area contributed by atoms with Gasteiger partial charge in [0.2, 0.25) is 0 Å². The molecule has 1 N–H and O–H groups in total. The summed E-state index contributed by atoms with van der Waals surface area (Å²) >= 11 is 1.67. The first-order chi connectivity index (χ1) is 9.70. The summed E-state index contributed by atoms with van der Waals surface area (Å²) in [6.07, 6.45) is 0. The van der Waals surface area contributed by atoms with Gasteiger partial charge in [-0.2, -0.15) is 11.3 Å². The van der Waals surface area contributed by atoms with Crippen molar-refractivity contribution in [3.05, 3.63) is 57.7 Å². The first-order valence-electron chi connectivity index (χ1n) is 6.64. The second-order valence-corrected chi connectivity index (χ2v) is 5.55. The monoisotopic (exact) mass is 289 g/mol. The molecule has 2 heterocycles. The summed E-state index contributed by atoms with van der Waals surface area (Å²) in [5.74, 6) is 0.444. The third-order valence-corrected chi connectivity index (χ3v) is 4.29. The zero-order valence-electron chi connectivity index (χ0n) is 11.4. The average molecular weight is 289 g/mol. The highest BCUT2D eigenvalue weighted by Crippen LogP contribution is 2.32. The normalized spacial score (nSPS) is 12.9. The van der Waals surface area contributed by atoms with Crippen LogP contribution in [-0.2, 0) is 0 Å². The molecule has 0 bridgehead atoms. The fraction of sp³-hybridized carbons (Fsp3) is 0.250. The van der Waals surface area contributed by atoms with Crippen LogP contribution in [0.2, 0.25) is 0 Å². The number of hydrogen-bond donors (Lipinski definition) is 1. The van der Waals surface area contributed by atoms with E-state index in [1.54, 1.807) is 17.4 Å². The van der Waals surface area contributed by atoms with Crippen molar-refractivity contribution in [1.29, 1.82) is 0 Å². The highest BCUT2D eigenvalue weighted by Gasteiger charge is 2.20. The van der Waals surface area contributed by atoms with E-state index in [0.717, 1.165) is 17.7 Å². The molecule has 20 heavy (non-hydrogen) atoms. The highest BCUT2D eigenvalue weighted by atomic mass is 32.1. The lowest BCUT2D eigenvalue weighted by molar-refractivity contribution is 0.464. The maximum atomic E-state index is 13.8. The number of benzene rings is 1. The van der Waals surface area contributed by atoms with Gasteiger partial charge in [-0.3, -0.25) is 0 Å². The molecule has 0 saturated carbocycles. The van der Waals surface area contributed by atoms with E-state index < -0.39 is 0 Å². The summed E-state index contributed by atoms with van der Waals surface area (Å²) in [7, 11) is 0. The van der Waals surface area contributed by atoms with Crippen molar-refractivity contribution in [2.45, 2.75) is 19.9 Å². The Balaban J connectivity index is 2.10. The predicted molar refractivity (Wildman–Crippen MR) is 80.7 cm³/mol. The molecule has 0 fully saturated rings. The molecule has 0 aliphatic heterocycles. The first-order valence-corrected chi connectivity index (χ1v) is 7.59. The van der Waals surface area contributed by atoms with Crippen molar-refractivity contribution in [3.8, 4) is 0 Å². The van der Waals surface area contributed by atoms with Crippen LogP contribution >= 0.6 is 11.3 Å². The highest BCUT2D eigenvalue weighted by molar-refractivity contribution is 7.08. The maximum Gasteiger partial charge on any atom is 0.169 e. The zero-order chi connectivity index (χ0) is 14.1. The number of para-hydroxylation sites is 1. The summed E-state index contributed by atoms with van der Waals surface area (Å²) in [6.45, 7) is 4.96. The molecule has 2 nitrogen and oxygen atoms in total. The Kier molecular flexibility index (Phi) is 3.59. The summed E-state index contributed by atoms with van der Waals surface area (Å²) in [4.78, 5) is 0. The van der Waals surface area contributed by atoms with Crippen LogP contribution in [0.3, 0.4) is 0 Å². The molecule has 1 atom stereocenters. The number of fused-ring (bicyclic) bond motifs is 1. The molecular weight excluding hydrogens is 273 g/mol. The number of hydrogen-bond acceptors (Lipinski definition) is 3. The Morgan fingerprint density at radius 2 is 2.20 bits per heavy atom. The fourth-order valence-electron chi connectivity index (χ4n) is 2.42. The van der Waals surface area contributed by atoms with Gasteiger partial charge in [0, 0.05) is 5.39 Å². The number of halogens is 1. The lowest BCUT2D eigenvalue weighted by Crippen LogP contribution is -2.21. The van der Waals surface area contributed by atoms with Crippen molar-refractivity contribution in [2.24, 2.45) is 0 Å². The van der Waals surface area contributed by atoms with Gasteiger partial charge in [0.1, 0.15) is 5.76 Å². The van der Waals surface area contributed by atoms with Gasteiger partial charge >= 0.3 is 0 Å². The van der Waals surface area contributed by atoms with Crippen molar-refractivity contribution in [1.82, 2.24) is 5.32 Å². The quantitative estimate of drug-likeness (QED) is 0.757. The molecular formula is C16H16FNOS. The third-order valence-electron chi connectivity index (χ3n) is 3.41. The van der Waals surface area contributed by atoms with E-state index in [2.05, 4.69) is 29.9 Å². The molecule has 0 saturated heterocycles. The summed E-state index contributed by atoms with van der Waals surface area (Å²) in [6, 6.07) is 6.89.